The molecule has 11 heteroatoms. The van der Waals surface area contributed by atoms with Gasteiger partial charge in [0.05, 0.1) is 11.6 Å². The predicted molar refractivity (Wildman–Crippen MR) is 137 cm³/mol. The van der Waals surface area contributed by atoms with Crippen molar-refractivity contribution in [2.24, 2.45) is 10.9 Å². The molecule has 2 amide bonds. The van der Waals surface area contributed by atoms with Crippen molar-refractivity contribution in [3.63, 3.8) is 0 Å². The molecular formula is C25H33FN4O5S. The van der Waals surface area contributed by atoms with Gasteiger partial charge in [0.25, 0.3) is 5.91 Å². The van der Waals surface area contributed by atoms with Crippen LogP contribution in [0, 0.1) is 5.92 Å². The van der Waals surface area contributed by atoms with Crippen LogP contribution in [0.15, 0.2) is 34.2 Å². The van der Waals surface area contributed by atoms with Gasteiger partial charge in [0.15, 0.2) is 5.17 Å². The maximum atomic E-state index is 13.2. The largest absolute Gasteiger partial charge is 0.444 e. The Morgan fingerprint density at radius 3 is 2.72 bits per heavy atom. The average molecular weight is 521 g/mol. The third-order valence-corrected chi connectivity index (χ3v) is 6.25. The number of hydrogen-bond donors (Lipinski definition) is 2. The number of nitrogens with one attached hydrogen (secondary N) is 2. The lowest BCUT2D eigenvalue weighted by atomic mass is 10.0. The molecule has 0 radical (unpaired) electrons. The number of carbonyl (C=O) groups excluding carboxylic acids is 3. The molecule has 1 saturated heterocycles. The van der Waals surface area contributed by atoms with Crippen molar-refractivity contribution in [1.29, 1.82) is 0 Å². The lowest BCUT2D eigenvalue weighted by Gasteiger charge is -2.28. The molecule has 0 saturated carbocycles. The summed E-state index contributed by atoms with van der Waals surface area (Å²) in [4.78, 5) is 42.4. The minimum absolute atomic E-state index is 0.0339. The second-order valence-corrected chi connectivity index (χ2v) is 10.7. The highest BCUT2D eigenvalue weighted by atomic mass is 32.2. The van der Waals surface area contributed by atoms with Crippen molar-refractivity contribution < 1.29 is 28.2 Å². The number of hydrogen-bond acceptors (Lipinski definition) is 8. The minimum atomic E-state index is -1.12. The topological polar surface area (TPSA) is 109 Å². The zero-order valence-electron chi connectivity index (χ0n) is 21.0. The van der Waals surface area contributed by atoms with E-state index in [1.54, 1.807) is 58.0 Å². The van der Waals surface area contributed by atoms with Crippen LogP contribution in [0.4, 0.5) is 9.18 Å². The highest BCUT2D eigenvalue weighted by Crippen LogP contribution is 2.32. The van der Waals surface area contributed by atoms with Crippen LogP contribution in [0.3, 0.4) is 0 Å². The molecule has 0 bridgehead atoms. The van der Waals surface area contributed by atoms with E-state index in [1.807, 2.05) is 5.01 Å². The Morgan fingerprint density at radius 2 is 2.06 bits per heavy atom. The number of alkyl halides is 1. The molecule has 196 valence electrons. The van der Waals surface area contributed by atoms with Crippen LogP contribution in [0.25, 0.3) is 6.08 Å². The molecule has 1 fully saturated rings. The molecule has 2 N–H and O–H groups in total. The van der Waals surface area contributed by atoms with E-state index in [0.29, 0.717) is 15.6 Å². The van der Waals surface area contributed by atoms with Crippen LogP contribution >= 0.6 is 11.8 Å². The minimum Gasteiger partial charge on any atom is -0.444 e. The van der Waals surface area contributed by atoms with Crippen molar-refractivity contribution >= 4 is 41.0 Å². The van der Waals surface area contributed by atoms with Crippen molar-refractivity contribution in [2.75, 3.05) is 19.8 Å². The van der Waals surface area contributed by atoms with Crippen LogP contribution < -0.4 is 15.5 Å². The first-order valence-corrected chi connectivity index (χ1v) is 12.8. The molecule has 2 heterocycles. The number of ether oxygens (including phenoxy) is 2. The van der Waals surface area contributed by atoms with E-state index in [0.717, 1.165) is 25.9 Å². The van der Waals surface area contributed by atoms with Gasteiger partial charge in [0.1, 0.15) is 17.4 Å². The first-order valence-electron chi connectivity index (χ1n) is 12.0. The molecule has 0 spiro atoms. The van der Waals surface area contributed by atoms with E-state index >= 15 is 0 Å². The lowest BCUT2D eigenvalue weighted by Crippen LogP contribution is -2.46. The van der Waals surface area contributed by atoms with Crippen molar-refractivity contribution in [3.05, 3.63) is 34.7 Å². The molecule has 3 rings (SSSR count). The van der Waals surface area contributed by atoms with E-state index in [9.17, 15) is 18.8 Å². The molecule has 1 aromatic carbocycles. The summed E-state index contributed by atoms with van der Waals surface area (Å²) < 4.78 is 24.0. The lowest BCUT2D eigenvalue weighted by molar-refractivity contribution is -0.137. The molecule has 0 aromatic heterocycles. The molecule has 9 nitrogen and oxygen atoms in total. The van der Waals surface area contributed by atoms with E-state index < -0.39 is 36.3 Å². The number of rotatable bonds is 7. The van der Waals surface area contributed by atoms with Gasteiger partial charge >= 0.3 is 12.1 Å². The number of esters is 1. The van der Waals surface area contributed by atoms with E-state index in [4.69, 9.17) is 9.47 Å². The number of aliphatic imine (C=N–C) groups is 1. The van der Waals surface area contributed by atoms with Gasteiger partial charge in [-0.15, -0.1) is 0 Å². The van der Waals surface area contributed by atoms with Crippen molar-refractivity contribution in [3.8, 4) is 5.75 Å². The highest BCUT2D eigenvalue weighted by Gasteiger charge is 2.30. The first kappa shape index (κ1) is 27.7. The number of nitrogens with zero attached hydrogens (tertiary/aromatic N) is 2. The Bertz CT molecular complexity index is 1030. The number of alkyl carbamates (subject to hydrolysis) is 1. The average Bonchev–Trinajstić information content (AvgIpc) is 3.19. The Labute approximate surface area is 214 Å². The third kappa shape index (κ3) is 8.06. The van der Waals surface area contributed by atoms with Crippen LogP contribution in [-0.4, -0.2) is 59.6 Å². The van der Waals surface area contributed by atoms with E-state index in [2.05, 4.69) is 15.7 Å². The van der Waals surface area contributed by atoms with Gasteiger partial charge in [0.2, 0.25) is 0 Å². The molecule has 0 aliphatic carbocycles. The number of hydrazine groups is 1. The summed E-state index contributed by atoms with van der Waals surface area (Å²) in [6.45, 7) is 7.67. The van der Waals surface area contributed by atoms with Crippen molar-refractivity contribution in [1.82, 2.24) is 15.8 Å². The Balaban J connectivity index is 1.74. The molecule has 36 heavy (non-hydrogen) atoms. The van der Waals surface area contributed by atoms with Gasteiger partial charge in [-0.1, -0.05) is 25.1 Å². The third-order valence-electron chi connectivity index (χ3n) is 5.24. The van der Waals surface area contributed by atoms with Crippen LogP contribution in [0.5, 0.6) is 5.75 Å². The zero-order valence-corrected chi connectivity index (χ0v) is 21.8. The highest BCUT2D eigenvalue weighted by molar-refractivity contribution is 8.18. The fourth-order valence-electron chi connectivity index (χ4n) is 3.51. The summed E-state index contributed by atoms with van der Waals surface area (Å²) in [5, 5.41) is 4.95. The van der Waals surface area contributed by atoms with Gasteiger partial charge in [0, 0.05) is 18.7 Å². The number of benzene rings is 1. The van der Waals surface area contributed by atoms with Crippen LogP contribution in [0.1, 0.15) is 52.5 Å². The van der Waals surface area contributed by atoms with Crippen LogP contribution in [-0.2, 0) is 14.3 Å². The van der Waals surface area contributed by atoms with Gasteiger partial charge in [-0.25, -0.2) is 15.0 Å². The maximum absolute atomic E-state index is 13.2. The van der Waals surface area contributed by atoms with E-state index in [-0.39, 0.29) is 18.1 Å². The number of thioether (sulfide) groups is 1. The predicted octanol–water partition coefficient (Wildman–Crippen LogP) is 4.05. The molecule has 1 aromatic rings. The maximum Gasteiger partial charge on any atom is 0.408 e. The second-order valence-electron chi connectivity index (χ2n) is 9.73. The number of amidine groups is 1. The van der Waals surface area contributed by atoms with Gasteiger partial charge in [-0.2, -0.15) is 4.99 Å². The molecule has 2 unspecified atom stereocenters. The monoisotopic (exact) mass is 520 g/mol. The number of halogens is 1. The fourth-order valence-corrected chi connectivity index (χ4v) is 4.42. The molecule has 2 aliphatic rings. The van der Waals surface area contributed by atoms with Crippen LogP contribution in [0.2, 0.25) is 0 Å². The summed E-state index contributed by atoms with van der Waals surface area (Å²) in [7, 11) is 0. The normalized spacial score (nSPS) is 19.0. The number of amides is 2. The standard InChI is InChI=1S/C25H33FN4O5S/c1-16(15-26)13-18(28-24(33)35-25(2,3)4)22(32)34-19-10-6-5-9-17(19)14-20-21(31)29-23(36-20)30-12-8-7-11-27-30/h5-6,9-10,14,16,18,27H,7-8,11-13,15H2,1-4H3,(H,28,33). The first-order chi connectivity index (χ1) is 17.1. The van der Waals surface area contributed by atoms with Gasteiger partial charge in [-0.05, 0) is 69.9 Å². The summed E-state index contributed by atoms with van der Waals surface area (Å²) >= 11 is 1.25. The quantitative estimate of drug-likeness (QED) is 0.315. The zero-order chi connectivity index (χ0) is 26.3. The summed E-state index contributed by atoms with van der Waals surface area (Å²) in [6.07, 6.45) is 2.94. The summed E-state index contributed by atoms with van der Waals surface area (Å²) in [6, 6.07) is 5.62. The number of para-hydroxylation sites is 1. The Hall–Kier alpha value is -2.92. The fraction of sp³-hybridized carbons (Fsp3) is 0.520. The Kier molecular flexibility index (Phi) is 9.49. The molecular weight excluding hydrogens is 487 g/mol. The second kappa shape index (κ2) is 12.4. The smallest absolute Gasteiger partial charge is 0.408 e. The Morgan fingerprint density at radius 1 is 1.31 bits per heavy atom. The van der Waals surface area contributed by atoms with Crippen molar-refractivity contribution in [2.45, 2.75) is 58.6 Å². The van der Waals surface area contributed by atoms with Gasteiger partial charge in [-0.3, -0.25) is 14.2 Å². The SMILES string of the molecule is CC(CF)CC(NC(=O)OC(C)(C)C)C(=O)Oc1ccccc1C=C1SC(N2CCCCN2)=NC1=O. The van der Waals surface area contributed by atoms with Gasteiger partial charge < -0.3 is 14.8 Å². The van der Waals surface area contributed by atoms with E-state index in [1.165, 1.54) is 11.8 Å². The molecule has 2 aliphatic heterocycles. The molecule has 2 atom stereocenters. The summed E-state index contributed by atoms with van der Waals surface area (Å²) in [5.74, 6) is -1.41. The number of carbonyl (C=O) groups is 3. The summed E-state index contributed by atoms with van der Waals surface area (Å²) in [5.41, 5.74) is 2.96.